The molecule has 0 aromatic heterocycles. The summed E-state index contributed by atoms with van der Waals surface area (Å²) in [6.45, 7) is 3.88. The second-order valence-electron chi connectivity index (χ2n) is 10.2. The zero-order chi connectivity index (χ0) is 29.3. The van der Waals surface area contributed by atoms with Crippen LogP contribution in [0.1, 0.15) is 65.3 Å². The molecule has 1 amide bonds. The Hall–Kier alpha value is -3.43. The van der Waals surface area contributed by atoms with Crippen LogP contribution >= 0.6 is 0 Å². The molecule has 0 saturated carbocycles. The highest BCUT2D eigenvalue weighted by molar-refractivity contribution is 5.93. The van der Waals surface area contributed by atoms with Gasteiger partial charge < -0.3 is 35.6 Å². The van der Waals surface area contributed by atoms with Crippen molar-refractivity contribution in [3.8, 4) is 5.75 Å². The minimum atomic E-state index is -0.650. The molecule has 222 valence electrons. The number of nitrogens with one attached hydrogen (secondary N) is 1. The molecule has 0 radical (unpaired) electrons. The van der Waals surface area contributed by atoms with Crippen molar-refractivity contribution in [3.05, 3.63) is 95.1 Å². The van der Waals surface area contributed by atoms with E-state index in [1.54, 1.807) is 6.07 Å². The van der Waals surface area contributed by atoms with Crippen LogP contribution in [-0.4, -0.2) is 56.0 Å². The number of ether oxygens (including phenoxy) is 2. The number of nitrogens with zero attached hydrogens (tertiary/aromatic N) is 1. The lowest BCUT2D eigenvalue weighted by Gasteiger charge is -2.19. The molecule has 8 nitrogen and oxygen atoms in total. The van der Waals surface area contributed by atoms with Gasteiger partial charge in [0.05, 0.1) is 12.7 Å². The second-order valence-corrected chi connectivity index (χ2v) is 10.2. The van der Waals surface area contributed by atoms with Gasteiger partial charge in [0.2, 0.25) is 5.91 Å². The van der Waals surface area contributed by atoms with Gasteiger partial charge in [-0.05, 0) is 67.3 Å². The number of nitrogens with two attached hydrogens (primary N) is 1. The van der Waals surface area contributed by atoms with Crippen molar-refractivity contribution in [1.29, 1.82) is 0 Å². The zero-order valence-electron chi connectivity index (χ0n) is 24.1. The van der Waals surface area contributed by atoms with Crippen LogP contribution in [0.3, 0.4) is 0 Å². The highest BCUT2D eigenvalue weighted by Crippen LogP contribution is 2.24. The molecule has 0 aliphatic heterocycles. The van der Waals surface area contributed by atoms with Crippen molar-refractivity contribution in [2.45, 2.75) is 51.4 Å². The number of benzene rings is 3. The summed E-state index contributed by atoms with van der Waals surface area (Å²) in [6, 6.07) is 22.7. The van der Waals surface area contributed by atoms with Gasteiger partial charge in [0.1, 0.15) is 12.4 Å². The predicted octanol–water partition coefficient (Wildman–Crippen LogP) is 4.58. The van der Waals surface area contributed by atoms with Crippen LogP contribution in [0.5, 0.6) is 5.75 Å². The van der Waals surface area contributed by atoms with Gasteiger partial charge in [-0.2, -0.15) is 0 Å². The number of primary amides is 1. The van der Waals surface area contributed by atoms with E-state index in [0.29, 0.717) is 36.6 Å². The number of aliphatic hydroxyl groups excluding tert-OH is 2. The first-order valence-electron chi connectivity index (χ1n) is 14.5. The van der Waals surface area contributed by atoms with E-state index in [-0.39, 0.29) is 6.61 Å². The molecule has 0 fully saturated rings. The molecule has 0 bridgehead atoms. The summed E-state index contributed by atoms with van der Waals surface area (Å²) in [7, 11) is 2.00. The molecule has 1 atom stereocenters. The first-order chi connectivity index (χ1) is 20.0. The van der Waals surface area contributed by atoms with Crippen molar-refractivity contribution in [1.82, 2.24) is 5.32 Å². The minimum absolute atomic E-state index is 0.147. The number of carbonyl (C=O) groups excluding carboxylic acids is 1. The average Bonchev–Trinajstić information content (AvgIpc) is 3.00. The molecular formula is C33H45N3O5. The van der Waals surface area contributed by atoms with Crippen LogP contribution in [0, 0.1) is 0 Å². The van der Waals surface area contributed by atoms with E-state index in [9.17, 15) is 15.0 Å². The van der Waals surface area contributed by atoms with Crippen LogP contribution in [0.15, 0.2) is 72.8 Å². The summed E-state index contributed by atoms with van der Waals surface area (Å²) in [6.07, 6.45) is 4.54. The molecule has 1 unspecified atom stereocenters. The van der Waals surface area contributed by atoms with Gasteiger partial charge in [0.15, 0.2) is 0 Å². The Bertz CT molecular complexity index is 1170. The smallest absolute Gasteiger partial charge is 0.248 e. The number of carbonyl (C=O) groups is 1. The molecule has 0 spiro atoms. The Labute approximate surface area is 244 Å². The number of hydrogen-bond donors (Lipinski definition) is 4. The van der Waals surface area contributed by atoms with E-state index in [4.69, 9.17) is 15.2 Å². The lowest BCUT2D eigenvalue weighted by Crippen LogP contribution is -2.22. The molecule has 0 aliphatic carbocycles. The molecule has 5 N–H and O–H groups in total. The second kappa shape index (κ2) is 18.1. The predicted molar refractivity (Wildman–Crippen MR) is 163 cm³/mol. The van der Waals surface area contributed by atoms with Crippen molar-refractivity contribution >= 4 is 11.6 Å². The lowest BCUT2D eigenvalue weighted by molar-refractivity contribution is 0.1000. The summed E-state index contributed by atoms with van der Waals surface area (Å²) >= 11 is 0. The standard InChI is InChI=1S/C33H45N3O5/c1-36(30-14-9-13-28(22-30)33(34)39)18-10-20-40-19-8-3-2-7-17-35-23-31(38)27-15-16-32(29(21-27)24-37)41-25-26-11-5-4-6-12-26/h4-6,9,11-16,21-22,31,35,37-38H,2-3,7-8,10,17-20,23-25H2,1H3,(H2,34,39). The molecule has 41 heavy (non-hydrogen) atoms. The molecule has 0 saturated heterocycles. The minimum Gasteiger partial charge on any atom is -0.489 e. The number of amides is 1. The highest BCUT2D eigenvalue weighted by Gasteiger charge is 2.11. The summed E-state index contributed by atoms with van der Waals surface area (Å²) < 4.78 is 11.7. The van der Waals surface area contributed by atoms with E-state index in [2.05, 4.69) is 10.2 Å². The van der Waals surface area contributed by atoms with Crippen molar-refractivity contribution in [3.63, 3.8) is 0 Å². The van der Waals surface area contributed by atoms with E-state index in [1.165, 1.54) is 0 Å². The Morgan fingerprint density at radius 1 is 0.951 bits per heavy atom. The van der Waals surface area contributed by atoms with Gasteiger partial charge in [-0.15, -0.1) is 0 Å². The first kappa shape index (κ1) is 32.1. The molecule has 3 rings (SSSR count). The third-order valence-electron chi connectivity index (χ3n) is 6.96. The van der Waals surface area contributed by atoms with Crippen molar-refractivity contribution in [2.75, 3.05) is 44.8 Å². The summed E-state index contributed by atoms with van der Waals surface area (Å²) in [5, 5.41) is 23.7. The summed E-state index contributed by atoms with van der Waals surface area (Å²) in [4.78, 5) is 13.5. The highest BCUT2D eigenvalue weighted by atomic mass is 16.5. The summed E-state index contributed by atoms with van der Waals surface area (Å²) in [5.41, 5.74) is 9.34. The molecule has 3 aromatic carbocycles. The van der Waals surface area contributed by atoms with Crippen LogP contribution in [0.4, 0.5) is 5.69 Å². The number of anilines is 1. The topological polar surface area (TPSA) is 117 Å². The van der Waals surface area contributed by atoms with Crippen LogP contribution in [0.25, 0.3) is 0 Å². The molecular weight excluding hydrogens is 518 g/mol. The van der Waals surface area contributed by atoms with E-state index < -0.39 is 12.0 Å². The number of aliphatic hydroxyl groups is 2. The number of hydrogen-bond acceptors (Lipinski definition) is 7. The fourth-order valence-electron chi connectivity index (χ4n) is 4.50. The van der Waals surface area contributed by atoms with E-state index >= 15 is 0 Å². The maximum atomic E-state index is 11.4. The maximum Gasteiger partial charge on any atom is 0.248 e. The first-order valence-corrected chi connectivity index (χ1v) is 14.5. The van der Waals surface area contributed by atoms with Gasteiger partial charge in [0, 0.05) is 50.2 Å². The summed E-state index contributed by atoms with van der Waals surface area (Å²) in [5.74, 6) is 0.213. The van der Waals surface area contributed by atoms with Gasteiger partial charge in [-0.1, -0.05) is 55.3 Å². The quantitative estimate of drug-likeness (QED) is 0.149. The van der Waals surface area contributed by atoms with E-state index in [0.717, 1.165) is 68.6 Å². The van der Waals surface area contributed by atoms with Crippen molar-refractivity contribution in [2.24, 2.45) is 5.73 Å². The van der Waals surface area contributed by atoms with Gasteiger partial charge in [-0.25, -0.2) is 0 Å². The van der Waals surface area contributed by atoms with Gasteiger partial charge >= 0.3 is 0 Å². The molecule has 0 aliphatic rings. The average molecular weight is 564 g/mol. The zero-order valence-corrected chi connectivity index (χ0v) is 24.1. The number of rotatable bonds is 20. The van der Waals surface area contributed by atoms with Crippen LogP contribution < -0.4 is 20.7 Å². The molecule has 3 aromatic rings. The number of unbranched alkanes of at least 4 members (excludes halogenated alkanes) is 3. The molecule has 0 heterocycles. The van der Waals surface area contributed by atoms with Gasteiger partial charge in [0.25, 0.3) is 0 Å². The Morgan fingerprint density at radius 2 is 1.73 bits per heavy atom. The largest absolute Gasteiger partial charge is 0.489 e. The van der Waals surface area contributed by atoms with Crippen LogP contribution in [0.2, 0.25) is 0 Å². The van der Waals surface area contributed by atoms with Crippen molar-refractivity contribution < 1.29 is 24.5 Å². The monoisotopic (exact) mass is 563 g/mol. The lowest BCUT2D eigenvalue weighted by atomic mass is 10.0. The third-order valence-corrected chi connectivity index (χ3v) is 6.96. The third kappa shape index (κ3) is 11.5. The molecule has 8 heteroatoms. The normalized spacial score (nSPS) is 11.8. The Kier molecular flexibility index (Phi) is 14.2. The SMILES string of the molecule is CN(CCCOCCCCCCNCC(O)c1ccc(OCc2ccccc2)c(CO)c1)c1cccc(C(N)=O)c1. The maximum absolute atomic E-state index is 11.4. The fourth-order valence-corrected chi connectivity index (χ4v) is 4.50. The van der Waals surface area contributed by atoms with Gasteiger partial charge in [-0.3, -0.25) is 4.79 Å². The fraction of sp³-hybridized carbons (Fsp3) is 0.424. The van der Waals surface area contributed by atoms with E-state index in [1.807, 2.05) is 73.8 Å². The Morgan fingerprint density at radius 3 is 2.51 bits per heavy atom. The Balaban J connectivity index is 1.20. The van der Waals surface area contributed by atoms with Crippen LogP contribution in [-0.2, 0) is 18.0 Å².